The standard InChI is InChI=1S/C40H30N2OSi/c1-29-28-41(30-15-5-2-6-16-30)35-26-25-31(27-34(35)40(29)43)42-36-21-11-13-23-38(36)44(32-17-7-3-8-18-32,33-19-9-4-10-20-33)39-24-14-12-22-37(39)42/h2-28H,1H3. The largest absolute Gasteiger partial charge is 0.316 e. The van der Waals surface area contributed by atoms with Crippen LogP contribution in [0.3, 0.4) is 0 Å². The number of aromatic nitrogens is 1. The van der Waals surface area contributed by atoms with Crippen LogP contribution in [-0.4, -0.2) is 12.6 Å². The van der Waals surface area contributed by atoms with Crippen LogP contribution in [0.1, 0.15) is 5.56 Å². The molecule has 1 aromatic heterocycles. The molecule has 0 saturated heterocycles. The number of anilines is 3. The van der Waals surface area contributed by atoms with Crippen molar-refractivity contribution in [3.63, 3.8) is 0 Å². The molecule has 0 N–H and O–H groups in total. The Labute approximate surface area is 257 Å². The average molecular weight is 583 g/mol. The van der Waals surface area contributed by atoms with E-state index in [0.29, 0.717) is 5.39 Å². The summed E-state index contributed by atoms with van der Waals surface area (Å²) in [5, 5.41) is 6.09. The Morgan fingerprint density at radius 2 is 1.02 bits per heavy atom. The van der Waals surface area contributed by atoms with Gasteiger partial charge in [-0.15, -0.1) is 0 Å². The summed E-state index contributed by atoms with van der Waals surface area (Å²) in [7, 11) is -2.68. The quantitative estimate of drug-likeness (QED) is 0.223. The maximum absolute atomic E-state index is 13.7. The number of rotatable bonds is 4. The molecule has 0 unspecified atom stereocenters. The van der Waals surface area contributed by atoms with Crippen molar-refractivity contribution < 1.29 is 0 Å². The summed E-state index contributed by atoms with van der Waals surface area (Å²) in [6.07, 6.45) is 1.95. The molecule has 8 rings (SSSR count). The van der Waals surface area contributed by atoms with Gasteiger partial charge in [-0.1, -0.05) is 115 Å². The van der Waals surface area contributed by atoms with Gasteiger partial charge in [0.25, 0.3) is 0 Å². The van der Waals surface area contributed by atoms with E-state index in [9.17, 15) is 4.79 Å². The van der Waals surface area contributed by atoms with Gasteiger partial charge in [-0.25, -0.2) is 0 Å². The van der Waals surface area contributed by atoms with Crippen LogP contribution in [0, 0.1) is 6.92 Å². The van der Waals surface area contributed by atoms with Crippen molar-refractivity contribution in [2.24, 2.45) is 0 Å². The summed E-state index contributed by atoms with van der Waals surface area (Å²) < 4.78 is 2.12. The molecule has 1 aliphatic heterocycles. The van der Waals surface area contributed by atoms with Crippen molar-refractivity contribution in [1.29, 1.82) is 0 Å². The number of nitrogens with zero attached hydrogens (tertiary/aromatic N) is 2. The predicted octanol–water partition coefficient (Wildman–Crippen LogP) is 6.46. The molecule has 0 fully saturated rings. The Morgan fingerprint density at radius 3 is 1.59 bits per heavy atom. The van der Waals surface area contributed by atoms with Crippen LogP contribution in [0.2, 0.25) is 0 Å². The molecule has 0 spiro atoms. The first-order valence-electron chi connectivity index (χ1n) is 15.0. The number of para-hydroxylation sites is 3. The highest BCUT2D eigenvalue weighted by Crippen LogP contribution is 2.39. The third-order valence-corrected chi connectivity index (χ3v) is 13.8. The van der Waals surface area contributed by atoms with Crippen molar-refractivity contribution in [2.45, 2.75) is 6.92 Å². The molecule has 44 heavy (non-hydrogen) atoms. The van der Waals surface area contributed by atoms with Crippen molar-refractivity contribution in [3.05, 3.63) is 180 Å². The number of hydrogen-bond donors (Lipinski definition) is 0. The zero-order valence-electron chi connectivity index (χ0n) is 24.4. The fourth-order valence-electron chi connectivity index (χ4n) is 7.08. The van der Waals surface area contributed by atoms with Crippen molar-refractivity contribution in [1.82, 2.24) is 4.57 Å². The Kier molecular flexibility index (Phi) is 6.17. The molecule has 1 aliphatic rings. The van der Waals surface area contributed by atoms with Crippen LogP contribution < -0.4 is 31.1 Å². The molecule has 0 atom stereocenters. The van der Waals surface area contributed by atoms with Gasteiger partial charge in [-0.2, -0.15) is 0 Å². The van der Waals surface area contributed by atoms with Crippen LogP contribution in [0.15, 0.2) is 169 Å². The number of pyridine rings is 1. The molecular weight excluding hydrogens is 553 g/mol. The maximum Gasteiger partial charge on any atom is 0.192 e. The average Bonchev–Trinajstić information content (AvgIpc) is 3.10. The van der Waals surface area contributed by atoms with E-state index in [2.05, 4.69) is 149 Å². The highest BCUT2D eigenvalue weighted by molar-refractivity contribution is 7.21. The third-order valence-electron chi connectivity index (χ3n) is 8.97. The molecule has 3 nitrogen and oxygen atoms in total. The van der Waals surface area contributed by atoms with Crippen molar-refractivity contribution in [3.8, 4) is 5.69 Å². The Hall–Kier alpha value is -5.45. The van der Waals surface area contributed by atoms with Crippen LogP contribution in [0.4, 0.5) is 17.1 Å². The van der Waals surface area contributed by atoms with Gasteiger partial charge in [-0.3, -0.25) is 4.79 Å². The second kappa shape index (κ2) is 10.4. The first-order chi connectivity index (χ1) is 21.7. The minimum atomic E-state index is -2.68. The molecule has 7 aromatic rings. The van der Waals surface area contributed by atoms with E-state index in [1.807, 2.05) is 31.3 Å². The van der Waals surface area contributed by atoms with E-state index in [1.165, 1.54) is 20.7 Å². The van der Waals surface area contributed by atoms with Gasteiger partial charge in [0.2, 0.25) is 0 Å². The molecule has 2 heterocycles. The van der Waals surface area contributed by atoms with Gasteiger partial charge in [0.1, 0.15) is 0 Å². The highest BCUT2D eigenvalue weighted by Gasteiger charge is 2.48. The van der Waals surface area contributed by atoms with E-state index in [1.54, 1.807) is 0 Å². The number of fused-ring (bicyclic) bond motifs is 3. The Balaban J connectivity index is 1.43. The predicted molar refractivity (Wildman–Crippen MR) is 186 cm³/mol. The van der Waals surface area contributed by atoms with Gasteiger partial charge in [-0.05, 0) is 70.1 Å². The van der Waals surface area contributed by atoms with Crippen LogP contribution in [0.25, 0.3) is 16.6 Å². The van der Waals surface area contributed by atoms with Crippen LogP contribution in [0.5, 0.6) is 0 Å². The smallest absolute Gasteiger partial charge is 0.192 e. The second-order valence-corrected chi connectivity index (χ2v) is 15.1. The van der Waals surface area contributed by atoms with Gasteiger partial charge in [0.05, 0.1) is 5.52 Å². The topological polar surface area (TPSA) is 25.2 Å². The number of aryl methyl sites for hydroxylation is 1. The molecule has 210 valence electrons. The monoisotopic (exact) mass is 582 g/mol. The first-order valence-corrected chi connectivity index (χ1v) is 17.0. The molecule has 0 radical (unpaired) electrons. The minimum absolute atomic E-state index is 0.0601. The van der Waals surface area contributed by atoms with Crippen molar-refractivity contribution in [2.75, 3.05) is 4.90 Å². The van der Waals surface area contributed by atoms with Crippen LogP contribution in [-0.2, 0) is 0 Å². The summed E-state index contributed by atoms with van der Waals surface area (Å²) in [6.45, 7) is 1.90. The number of hydrogen-bond acceptors (Lipinski definition) is 2. The van der Waals surface area contributed by atoms with Gasteiger partial charge < -0.3 is 9.47 Å². The Morgan fingerprint density at radius 1 is 0.523 bits per heavy atom. The lowest BCUT2D eigenvalue weighted by molar-refractivity contribution is 1.08. The lowest BCUT2D eigenvalue weighted by Crippen LogP contribution is -2.77. The van der Waals surface area contributed by atoms with E-state index in [-0.39, 0.29) is 5.43 Å². The fraction of sp³-hybridized carbons (Fsp3) is 0.0250. The Bertz CT molecular complexity index is 2120. The summed E-state index contributed by atoms with van der Waals surface area (Å²) in [4.78, 5) is 16.0. The van der Waals surface area contributed by atoms with Gasteiger partial charge >= 0.3 is 0 Å². The highest BCUT2D eigenvalue weighted by atomic mass is 28.3. The second-order valence-electron chi connectivity index (χ2n) is 11.4. The van der Waals surface area contributed by atoms with Crippen LogP contribution >= 0.6 is 0 Å². The summed E-state index contributed by atoms with van der Waals surface area (Å²) in [5.41, 5.74) is 5.99. The van der Waals surface area contributed by atoms with Gasteiger partial charge in [0.15, 0.2) is 13.5 Å². The summed E-state index contributed by atoms with van der Waals surface area (Å²) >= 11 is 0. The van der Waals surface area contributed by atoms with E-state index in [0.717, 1.165) is 33.8 Å². The molecule has 4 heteroatoms. The van der Waals surface area contributed by atoms with Gasteiger partial charge in [0, 0.05) is 39.9 Å². The molecule has 0 amide bonds. The zero-order valence-corrected chi connectivity index (χ0v) is 25.4. The zero-order chi connectivity index (χ0) is 29.7. The van der Waals surface area contributed by atoms with E-state index in [4.69, 9.17) is 0 Å². The van der Waals surface area contributed by atoms with E-state index >= 15 is 0 Å². The molecule has 6 aromatic carbocycles. The summed E-state index contributed by atoms with van der Waals surface area (Å²) in [6, 6.07) is 56.3. The molecular formula is C40H30N2OSi. The minimum Gasteiger partial charge on any atom is -0.316 e. The lowest BCUT2D eigenvalue weighted by atomic mass is 10.1. The van der Waals surface area contributed by atoms with Crippen molar-refractivity contribution >= 4 is 56.8 Å². The molecule has 0 aliphatic carbocycles. The van der Waals surface area contributed by atoms with E-state index < -0.39 is 8.07 Å². The lowest BCUT2D eigenvalue weighted by Gasteiger charge is -2.45. The fourth-order valence-corrected chi connectivity index (χ4v) is 12.2. The summed E-state index contributed by atoms with van der Waals surface area (Å²) in [5.74, 6) is 0. The normalized spacial score (nSPS) is 13.3. The number of benzene rings is 6. The first kappa shape index (κ1) is 26.2. The maximum atomic E-state index is 13.7. The third kappa shape index (κ3) is 3.85. The SMILES string of the molecule is Cc1cn(-c2ccccc2)c2ccc(N3c4ccccc4[Si](c4ccccc4)(c4ccccc4)c4ccccc43)cc2c1=O. The molecule has 0 saturated carbocycles. The molecule has 0 bridgehead atoms.